The van der Waals surface area contributed by atoms with Crippen molar-refractivity contribution in [3.8, 4) is 0 Å². The molecule has 0 aromatic carbocycles. The molecule has 0 unspecified atom stereocenters. The molecule has 1 saturated carbocycles. The molecule has 0 atom stereocenters. The second-order valence-electron chi connectivity index (χ2n) is 3.32. The first kappa shape index (κ1) is 8.75. The van der Waals surface area contributed by atoms with Gasteiger partial charge in [-0.1, -0.05) is 18.9 Å². The Labute approximate surface area is 68.3 Å². The van der Waals surface area contributed by atoms with Crippen molar-refractivity contribution in [3.05, 3.63) is 12.7 Å². The molecular formula is C9H17NO. The summed E-state index contributed by atoms with van der Waals surface area (Å²) in [6.45, 7) is 4.71. The first-order valence-electron chi connectivity index (χ1n) is 4.30. The zero-order valence-electron chi connectivity index (χ0n) is 6.97. The Morgan fingerprint density at radius 1 is 1.45 bits per heavy atom. The van der Waals surface area contributed by atoms with E-state index in [0.717, 1.165) is 19.4 Å². The first-order valence-corrected chi connectivity index (χ1v) is 4.30. The summed E-state index contributed by atoms with van der Waals surface area (Å²) in [7, 11) is 0. The Kier molecular flexibility index (Phi) is 3.09. The minimum Gasteiger partial charge on any atom is -0.394 e. The van der Waals surface area contributed by atoms with Gasteiger partial charge in [0, 0.05) is 12.1 Å². The second-order valence-corrected chi connectivity index (χ2v) is 3.32. The SMILES string of the molecule is C=CCNC1(CO)CCCC1. The molecular weight excluding hydrogens is 138 g/mol. The third-order valence-electron chi connectivity index (χ3n) is 2.48. The Bertz CT molecular complexity index is 128. The van der Waals surface area contributed by atoms with E-state index in [1.54, 1.807) is 0 Å². The van der Waals surface area contributed by atoms with Crippen molar-refractivity contribution in [1.82, 2.24) is 5.32 Å². The van der Waals surface area contributed by atoms with Crippen LogP contribution in [0.2, 0.25) is 0 Å². The molecule has 2 N–H and O–H groups in total. The van der Waals surface area contributed by atoms with Crippen LogP contribution >= 0.6 is 0 Å². The highest BCUT2D eigenvalue weighted by atomic mass is 16.3. The minimum absolute atomic E-state index is 0.0220. The third kappa shape index (κ3) is 2.04. The summed E-state index contributed by atoms with van der Waals surface area (Å²) in [4.78, 5) is 0. The lowest BCUT2D eigenvalue weighted by atomic mass is 9.99. The average molecular weight is 155 g/mol. The van der Waals surface area contributed by atoms with Crippen LogP contribution in [0.4, 0.5) is 0 Å². The largest absolute Gasteiger partial charge is 0.394 e. The van der Waals surface area contributed by atoms with Crippen LogP contribution in [0.5, 0.6) is 0 Å². The molecule has 0 heterocycles. The highest BCUT2D eigenvalue weighted by molar-refractivity contribution is 4.93. The molecule has 1 rings (SSSR count). The van der Waals surface area contributed by atoms with Gasteiger partial charge < -0.3 is 10.4 Å². The van der Waals surface area contributed by atoms with Gasteiger partial charge in [0.25, 0.3) is 0 Å². The summed E-state index contributed by atoms with van der Waals surface area (Å²) in [6, 6.07) is 0. The highest BCUT2D eigenvalue weighted by Gasteiger charge is 2.31. The van der Waals surface area contributed by atoms with Crippen LogP contribution in [-0.2, 0) is 0 Å². The van der Waals surface area contributed by atoms with Crippen molar-refractivity contribution in [3.63, 3.8) is 0 Å². The molecule has 1 aliphatic carbocycles. The summed E-state index contributed by atoms with van der Waals surface area (Å²) in [5, 5.41) is 12.5. The third-order valence-corrected chi connectivity index (χ3v) is 2.48. The van der Waals surface area contributed by atoms with Crippen molar-refractivity contribution in [2.24, 2.45) is 0 Å². The Hall–Kier alpha value is -0.340. The first-order chi connectivity index (χ1) is 5.33. The van der Waals surface area contributed by atoms with Crippen molar-refractivity contribution in [2.45, 2.75) is 31.2 Å². The van der Waals surface area contributed by atoms with E-state index < -0.39 is 0 Å². The second kappa shape index (κ2) is 3.88. The molecule has 2 nitrogen and oxygen atoms in total. The smallest absolute Gasteiger partial charge is 0.0613 e. The summed E-state index contributed by atoms with van der Waals surface area (Å²) in [5.74, 6) is 0. The lowest BCUT2D eigenvalue weighted by molar-refractivity contribution is 0.168. The zero-order chi connectivity index (χ0) is 8.16. The Balaban J connectivity index is 2.38. The number of aliphatic hydroxyl groups excluding tert-OH is 1. The van der Waals surface area contributed by atoms with Gasteiger partial charge >= 0.3 is 0 Å². The van der Waals surface area contributed by atoms with E-state index in [1.165, 1.54) is 12.8 Å². The van der Waals surface area contributed by atoms with E-state index in [4.69, 9.17) is 5.11 Å². The molecule has 0 aliphatic heterocycles. The summed E-state index contributed by atoms with van der Waals surface area (Å²) in [5.41, 5.74) is 0.0220. The molecule has 0 spiro atoms. The standard InChI is InChI=1S/C9H17NO/c1-2-7-10-9(8-11)5-3-4-6-9/h2,10-11H,1,3-8H2. The molecule has 0 radical (unpaired) electrons. The molecule has 0 saturated heterocycles. The minimum atomic E-state index is 0.0220. The maximum absolute atomic E-state index is 9.15. The van der Waals surface area contributed by atoms with Crippen molar-refractivity contribution in [2.75, 3.05) is 13.2 Å². The highest BCUT2D eigenvalue weighted by Crippen LogP contribution is 2.28. The van der Waals surface area contributed by atoms with E-state index >= 15 is 0 Å². The average Bonchev–Trinajstić information content (AvgIpc) is 2.50. The number of aliphatic hydroxyl groups is 1. The fourth-order valence-electron chi connectivity index (χ4n) is 1.73. The van der Waals surface area contributed by atoms with Gasteiger partial charge in [-0.15, -0.1) is 6.58 Å². The number of hydrogen-bond acceptors (Lipinski definition) is 2. The summed E-state index contributed by atoms with van der Waals surface area (Å²) in [6.07, 6.45) is 6.54. The van der Waals surface area contributed by atoms with Gasteiger partial charge in [0.15, 0.2) is 0 Å². The van der Waals surface area contributed by atoms with Gasteiger partial charge in [-0.2, -0.15) is 0 Å². The lowest BCUT2D eigenvalue weighted by Crippen LogP contribution is -2.45. The van der Waals surface area contributed by atoms with Gasteiger partial charge in [0.1, 0.15) is 0 Å². The maximum atomic E-state index is 9.15. The topological polar surface area (TPSA) is 32.3 Å². The van der Waals surface area contributed by atoms with Gasteiger partial charge in [0.05, 0.1) is 6.61 Å². The quantitative estimate of drug-likeness (QED) is 0.595. The molecule has 0 aromatic heterocycles. The van der Waals surface area contributed by atoms with Gasteiger partial charge in [-0.3, -0.25) is 0 Å². The fourth-order valence-corrected chi connectivity index (χ4v) is 1.73. The molecule has 2 heteroatoms. The van der Waals surface area contributed by atoms with E-state index in [2.05, 4.69) is 11.9 Å². The monoisotopic (exact) mass is 155 g/mol. The van der Waals surface area contributed by atoms with Crippen molar-refractivity contribution >= 4 is 0 Å². The van der Waals surface area contributed by atoms with Crippen LogP contribution < -0.4 is 5.32 Å². The van der Waals surface area contributed by atoms with Gasteiger partial charge in [0.2, 0.25) is 0 Å². The van der Waals surface area contributed by atoms with Crippen LogP contribution in [-0.4, -0.2) is 23.8 Å². The normalized spacial score (nSPS) is 21.9. The molecule has 11 heavy (non-hydrogen) atoms. The molecule has 0 bridgehead atoms. The molecule has 64 valence electrons. The maximum Gasteiger partial charge on any atom is 0.0613 e. The van der Waals surface area contributed by atoms with Gasteiger partial charge in [-0.25, -0.2) is 0 Å². The van der Waals surface area contributed by atoms with E-state index in [9.17, 15) is 0 Å². The number of nitrogens with one attached hydrogen (secondary N) is 1. The number of hydrogen-bond donors (Lipinski definition) is 2. The van der Waals surface area contributed by atoms with Crippen LogP contribution in [0.15, 0.2) is 12.7 Å². The molecule has 0 amide bonds. The molecule has 1 aliphatic rings. The van der Waals surface area contributed by atoms with Crippen LogP contribution in [0.25, 0.3) is 0 Å². The molecule has 1 fully saturated rings. The number of rotatable bonds is 4. The Morgan fingerprint density at radius 2 is 2.09 bits per heavy atom. The van der Waals surface area contributed by atoms with Crippen molar-refractivity contribution in [1.29, 1.82) is 0 Å². The predicted octanol–water partition coefficient (Wildman–Crippen LogP) is 1.07. The predicted molar refractivity (Wildman–Crippen MR) is 46.5 cm³/mol. The van der Waals surface area contributed by atoms with E-state index in [1.807, 2.05) is 6.08 Å². The van der Waals surface area contributed by atoms with E-state index in [0.29, 0.717) is 0 Å². The van der Waals surface area contributed by atoms with Crippen LogP contribution in [0.3, 0.4) is 0 Å². The van der Waals surface area contributed by atoms with Crippen molar-refractivity contribution < 1.29 is 5.11 Å². The Morgan fingerprint density at radius 3 is 2.55 bits per heavy atom. The summed E-state index contributed by atoms with van der Waals surface area (Å²) >= 11 is 0. The lowest BCUT2D eigenvalue weighted by Gasteiger charge is -2.27. The molecule has 0 aromatic rings. The fraction of sp³-hybridized carbons (Fsp3) is 0.778. The van der Waals surface area contributed by atoms with Crippen LogP contribution in [0.1, 0.15) is 25.7 Å². The summed E-state index contributed by atoms with van der Waals surface area (Å²) < 4.78 is 0. The zero-order valence-corrected chi connectivity index (χ0v) is 6.97. The van der Waals surface area contributed by atoms with Gasteiger partial charge in [-0.05, 0) is 12.8 Å². The van der Waals surface area contributed by atoms with E-state index in [-0.39, 0.29) is 12.1 Å². The van der Waals surface area contributed by atoms with Crippen LogP contribution in [0, 0.1) is 0 Å².